The molecule has 0 saturated carbocycles. The smallest absolute Gasteiger partial charge is 0.214 e. The maximum Gasteiger partial charge on any atom is 0.214 e. The molecule has 0 radical (unpaired) electrons. The van der Waals surface area contributed by atoms with Gasteiger partial charge in [-0.05, 0) is 7.05 Å². The molecule has 2 aliphatic rings. The number of carbonyl (C=O) groups is 2. The van der Waals surface area contributed by atoms with Crippen LogP contribution in [0, 0.1) is 0 Å². The van der Waals surface area contributed by atoms with Crippen molar-refractivity contribution in [2.75, 3.05) is 13.6 Å². The van der Waals surface area contributed by atoms with Crippen LogP contribution in [0.2, 0.25) is 0 Å². The Morgan fingerprint density at radius 3 is 2.50 bits per heavy atom. The van der Waals surface area contributed by atoms with Crippen LogP contribution >= 0.6 is 0 Å². The number of rotatable bonds is 0. The number of fused-ring (bicyclic) bond motifs is 4. The Morgan fingerprint density at radius 2 is 1.75 bits per heavy atom. The molecule has 1 aromatic carbocycles. The summed E-state index contributed by atoms with van der Waals surface area (Å²) in [6, 6.07) is 6.98. The molecule has 2 heterocycles. The van der Waals surface area contributed by atoms with Crippen LogP contribution in [-0.4, -0.2) is 39.6 Å². The van der Waals surface area contributed by atoms with Gasteiger partial charge in [0.15, 0.2) is 0 Å². The van der Waals surface area contributed by atoms with E-state index in [4.69, 9.17) is 0 Å². The quantitative estimate of drug-likeness (QED) is 0.612. The maximum atomic E-state index is 12.6. The number of aromatic nitrogens is 2. The number of hydrogen-bond donors (Lipinski definition) is 0. The SMILES string of the molecule is CN1CCn2c(nc3c2C(=O)c2ccccc2C3=O)C1. The Kier molecular flexibility index (Phi) is 2.23. The molecular weight excluding hydrogens is 254 g/mol. The molecule has 1 aliphatic heterocycles. The predicted octanol–water partition coefficient (Wildman–Crippen LogP) is 1.10. The van der Waals surface area contributed by atoms with Gasteiger partial charge in [-0.3, -0.25) is 14.5 Å². The molecule has 0 saturated heterocycles. The molecule has 20 heavy (non-hydrogen) atoms. The van der Waals surface area contributed by atoms with Gasteiger partial charge in [0.05, 0.1) is 6.54 Å². The van der Waals surface area contributed by atoms with E-state index in [-0.39, 0.29) is 11.6 Å². The largest absolute Gasteiger partial charge is 0.322 e. The van der Waals surface area contributed by atoms with Crippen molar-refractivity contribution in [1.82, 2.24) is 14.5 Å². The van der Waals surface area contributed by atoms with Crippen molar-refractivity contribution in [1.29, 1.82) is 0 Å². The lowest BCUT2D eigenvalue weighted by atomic mass is 9.90. The summed E-state index contributed by atoms with van der Waals surface area (Å²) in [4.78, 5) is 31.7. The molecule has 0 N–H and O–H groups in total. The predicted molar refractivity (Wildman–Crippen MR) is 71.9 cm³/mol. The zero-order chi connectivity index (χ0) is 13.9. The molecule has 0 spiro atoms. The van der Waals surface area contributed by atoms with E-state index in [9.17, 15) is 9.59 Å². The van der Waals surface area contributed by atoms with Crippen LogP contribution in [0.4, 0.5) is 0 Å². The van der Waals surface area contributed by atoms with Crippen molar-refractivity contribution in [3.05, 3.63) is 52.6 Å². The van der Waals surface area contributed by atoms with Crippen LogP contribution in [0.3, 0.4) is 0 Å². The summed E-state index contributed by atoms with van der Waals surface area (Å²) in [5.74, 6) is 0.580. The summed E-state index contributed by atoms with van der Waals surface area (Å²) in [5, 5.41) is 0. The van der Waals surface area contributed by atoms with Crippen molar-refractivity contribution >= 4 is 11.6 Å². The molecule has 1 aromatic heterocycles. The summed E-state index contributed by atoms with van der Waals surface area (Å²) < 4.78 is 1.91. The van der Waals surface area contributed by atoms with E-state index >= 15 is 0 Å². The highest BCUT2D eigenvalue weighted by Gasteiger charge is 2.36. The standard InChI is InChI=1S/C15H13N3O2/c1-17-6-7-18-11(8-17)16-12-13(18)15(20)10-5-3-2-4-9(10)14(12)19/h2-5H,6-8H2,1H3. The summed E-state index contributed by atoms with van der Waals surface area (Å²) in [7, 11) is 2.01. The fourth-order valence-electron chi connectivity index (χ4n) is 2.97. The Hall–Kier alpha value is -2.27. The van der Waals surface area contributed by atoms with Gasteiger partial charge in [0.25, 0.3) is 0 Å². The van der Waals surface area contributed by atoms with Gasteiger partial charge in [0, 0.05) is 24.2 Å². The third-order valence-corrected chi connectivity index (χ3v) is 4.01. The maximum absolute atomic E-state index is 12.6. The lowest BCUT2D eigenvalue weighted by molar-refractivity contribution is 0.0970. The number of benzene rings is 1. The highest BCUT2D eigenvalue weighted by molar-refractivity contribution is 6.27. The summed E-state index contributed by atoms with van der Waals surface area (Å²) in [6.45, 7) is 2.23. The van der Waals surface area contributed by atoms with E-state index in [0.29, 0.717) is 35.6 Å². The van der Waals surface area contributed by atoms with Crippen LogP contribution in [0.5, 0.6) is 0 Å². The topological polar surface area (TPSA) is 55.2 Å². The zero-order valence-electron chi connectivity index (χ0n) is 11.1. The van der Waals surface area contributed by atoms with Crippen LogP contribution in [0.1, 0.15) is 37.9 Å². The van der Waals surface area contributed by atoms with E-state index in [1.54, 1.807) is 24.3 Å². The fourth-order valence-corrected chi connectivity index (χ4v) is 2.97. The van der Waals surface area contributed by atoms with Crippen molar-refractivity contribution in [2.45, 2.75) is 13.1 Å². The Morgan fingerprint density at radius 1 is 1.05 bits per heavy atom. The van der Waals surface area contributed by atoms with Gasteiger partial charge in [-0.25, -0.2) is 4.98 Å². The minimum atomic E-state index is -0.139. The molecule has 5 nitrogen and oxygen atoms in total. The van der Waals surface area contributed by atoms with Crippen LogP contribution in [0.15, 0.2) is 24.3 Å². The van der Waals surface area contributed by atoms with Crippen molar-refractivity contribution < 1.29 is 9.59 Å². The number of nitrogens with zero attached hydrogens (tertiary/aromatic N) is 3. The second-order valence-electron chi connectivity index (χ2n) is 5.32. The average molecular weight is 267 g/mol. The molecule has 2 aromatic rings. The number of ketones is 2. The van der Waals surface area contributed by atoms with Gasteiger partial charge in [-0.1, -0.05) is 24.3 Å². The lowest BCUT2D eigenvalue weighted by Gasteiger charge is -2.24. The summed E-state index contributed by atoms with van der Waals surface area (Å²) >= 11 is 0. The van der Waals surface area contributed by atoms with Crippen LogP contribution in [-0.2, 0) is 13.1 Å². The molecule has 0 fully saturated rings. The fraction of sp³-hybridized carbons (Fsp3) is 0.267. The van der Waals surface area contributed by atoms with E-state index in [2.05, 4.69) is 9.88 Å². The molecule has 0 bridgehead atoms. The van der Waals surface area contributed by atoms with E-state index in [1.807, 2.05) is 11.6 Å². The minimum absolute atomic E-state index is 0.0847. The summed E-state index contributed by atoms with van der Waals surface area (Å²) in [5.41, 5.74) is 1.75. The van der Waals surface area contributed by atoms with Gasteiger partial charge in [-0.15, -0.1) is 0 Å². The van der Waals surface area contributed by atoms with Gasteiger partial charge >= 0.3 is 0 Å². The molecule has 5 heteroatoms. The zero-order valence-corrected chi connectivity index (χ0v) is 11.1. The number of imidazole rings is 1. The van der Waals surface area contributed by atoms with Gasteiger partial charge in [0.2, 0.25) is 11.6 Å². The Labute approximate surface area is 115 Å². The first-order valence-electron chi connectivity index (χ1n) is 6.63. The minimum Gasteiger partial charge on any atom is -0.322 e. The molecule has 0 unspecified atom stereocenters. The van der Waals surface area contributed by atoms with Crippen molar-refractivity contribution in [3.8, 4) is 0 Å². The molecule has 0 amide bonds. The number of carbonyl (C=O) groups excluding carboxylic acids is 2. The average Bonchev–Trinajstić information content (AvgIpc) is 2.83. The van der Waals surface area contributed by atoms with Crippen LogP contribution < -0.4 is 0 Å². The third-order valence-electron chi connectivity index (χ3n) is 4.01. The van der Waals surface area contributed by atoms with Gasteiger partial charge in [0.1, 0.15) is 17.2 Å². The molecule has 100 valence electrons. The van der Waals surface area contributed by atoms with Gasteiger partial charge < -0.3 is 4.57 Å². The highest BCUT2D eigenvalue weighted by Crippen LogP contribution is 2.29. The first kappa shape index (κ1) is 11.5. The first-order chi connectivity index (χ1) is 9.66. The van der Waals surface area contributed by atoms with E-state index in [0.717, 1.165) is 12.4 Å². The molecule has 4 rings (SSSR count). The monoisotopic (exact) mass is 267 g/mol. The highest BCUT2D eigenvalue weighted by atomic mass is 16.1. The number of likely N-dealkylation sites (N-methyl/N-ethyl adjacent to an activating group) is 1. The second-order valence-corrected chi connectivity index (χ2v) is 5.32. The Bertz CT molecular complexity index is 760. The summed E-state index contributed by atoms with van der Waals surface area (Å²) in [6.07, 6.45) is 0. The molecule has 0 atom stereocenters. The third kappa shape index (κ3) is 1.38. The first-order valence-corrected chi connectivity index (χ1v) is 6.63. The molecule has 1 aliphatic carbocycles. The Balaban J connectivity index is 1.96. The lowest BCUT2D eigenvalue weighted by Crippen LogP contribution is -2.32. The van der Waals surface area contributed by atoms with E-state index in [1.165, 1.54) is 0 Å². The van der Waals surface area contributed by atoms with Crippen molar-refractivity contribution in [2.24, 2.45) is 0 Å². The number of hydrogen-bond acceptors (Lipinski definition) is 4. The van der Waals surface area contributed by atoms with Crippen molar-refractivity contribution in [3.63, 3.8) is 0 Å². The normalized spacial score (nSPS) is 17.6. The second kappa shape index (κ2) is 3.86. The van der Waals surface area contributed by atoms with E-state index < -0.39 is 0 Å². The van der Waals surface area contributed by atoms with Crippen LogP contribution in [0.25, 0.3) is 0 Å². The van der Waals surface area contributed by atoms with Gasteiger partial charge in [-0.2, -0.15) is 0 Å². The molecular formula is C15H13N3O2.